The summed E-state index contributed by atoms with van der Waals surface area (Å²) in [4.78, 5) is 5.33. The topological polar surface area (TPSA) is 15.7 Å². The Morgan fingerprint density at radius 3 is 2.67 bits per heavy atom. The molecule has 7 heteroatoms. The van der Waals surface area contributed by atoms with E-state index in [1.54, 1.807) is 24.7 Å². The lowest BCUT2D eigenvalue weighted by atomic mass is 10.0. The molecule has 0 spiro atoms. The van der Waals surface area contributed by atoms with Gasteiger partial charge in [0.15, 0.2) is 11.6 Å². The maximum absolute atomic E-state index is 13.6. The molecular weight excluding hydrogens is 321 g/mol. The number of hydrogen-bond donors (Lipinski definition) is 0. The van der Waals surface area contributed by atoms with Gasteiger partial charge in [0.2, 0.25) is 0 Å². The van der Waals surface area contributed by atoms with Gasteiger partial charge in [-0.25, -0.2) is 8.78 Å². The Labute approximate surface area is 129 Å². The molecule has 3 rings (SSSR count). The van der Waals surface area contributed by atoms with Crippen LogP contribution in [-0.4, -0.2) is 9.48 Å². The first-order valence-electron chi connectivity index (χ1n) is 5.88. The number of halogens is 4. The van der Waals surface area contributed by atoms with Crippen LogP contribution in [0.1, 0.15) is 0 Å². The summed E-state index contributed by atoms with van der Waals surface area (Å²) in [5.41, 5.74) is 1.47. The van der Waals surface area contributed by atoms with Crippen LogP contribution in [0.3, 0.4) is 0 Å². The van der Waals surface area contributed by atoms with Crippen molar-refractivity contribution in [3.8, 4) is 5.75 Å². The minimum absolute atomic E-state index is 0.0970. The third-order valence-corrected chi connectivity index (χ3v) is 3.32. The molecule has 0 fully saturated rings. The first-order valence-corrected chi connectivity index (χ1v) is 6.60. The molecule has 0 atom stereocenters. The van der Waals surface area contributed by atoms with Crippen molar-refractivity contribution < 1.29 is 13.6 Å². The summed E-state index contributed by atoms with van der Waals surface area (Å²) >= 11 is 11.9. The lowest BCUT2D eigenvalue weighted by Gasteiger charge is -2.25. The molecule has 108 valence electrons. The number of benzene rings is 1. The Morgan fingerprint density at radius 1 is 1.10 bits per heavy atom. The van der Waals surface area contributed by atoms with Gasteiger partial charge in [-0.1, -0.05) is 11.6 Å². The Hall–Kier alpha value is -1.98. The van der Waals surface area contributed by atoms with E-state index < -0.39 is 11.6 Å². The lowest BCUT2D eigenvalue weighted by molar-refractivity contribution is 0.0388. The molecule has 21 heavy (non-hydrogen) atoms. The van der Waals surface area contributed by atoms with E-state index in [2.05, 4.69) is 0 Å². The van der Waals surface area contributed by atoms with E-state index in [1.807, 2.05) is 0 Å². The van der Waals surface area contributed by atoms with Crippen LogP contribution in [0.4, 0.5) is 8.78 Å². The zero-order valence-corrected chi connectivity index (χ0v) is 11.9. The molecule has 0 amide bonds. The second kappa shape index (κ2) is 5.42. The fourth-order valence-electron chi connectivity index (χ4n) is 1.87. The van der Waals surface area contributed by atoms with Gasteiger partial charge >= 0.3 is 0 Å². The molecule has 0 N–H and O–H groups in total. The number of rotatable bonds is 2. The maximum atomic E-state index is 13.6. The van der Waals surface area contributed by atoms with Crippen LogP contribution in [-0.2, 0) is 0 Å². The van der Waals surface area contributed by atoms with Crippen molar-refractivity contribution >= 4 is 23.4 Å². The molecule has 3 nitrogen and oxygen atoms in total. The minimum Gasteiger partial charge on any atom is -0.373 e. The summed E-state index contributed by atoms with van der Waals surface area (Å²) in [7, 11) is 0. The number of allylic oxidation sites excluding steroid dienone is 4. The van der Waals surface area contributed by atoms with Crippen LogP contribution in [0.5, 0.6) is 5.75 Å². The molecular formula is C14H8Cl2F2N2O. The minimum atomic E-state index is -0.791. The third-order valence-electron chi connectivity index (χ3n) is 2.82. The molecule has 0 radical (unpaired) electrons. The van der Waals surface area contributed by atoms with E-state index in [4.69, 9.17) is 28.2 Å². The summed E-state index contributed by atoms with van der Waals surface area (Å²) in [5, 5.41) is 1.70. The normalized spacial score (nSPS) is 17.0. The molecule has 1 aromatic carbocycles. The van der Waals surface area contributed by atoms with Gasteiger partial charge in [-0.05, 0) is 18.2 Å². The number of nitrogens with zero attached hydrogens (tertiary/aromatic N) is 2. The number of hydrogen-bond acceptors (Lipinski definition) is 3. The van der Waals surface area contributed by atoms with Crippen LogP contribution < -0.4 is 4.84 Å². The SMILES string of the molecule is Fc1ccc(ON2C=CC3=CN(Cl)C=C(Cl)C3=C2)c(F)c1. The van der Waals surface area contributed by atoms with E-state index in [9.17, 15) is 8.78 Å². The molecule has 2 aliphatic heterocycles. The summed E-state index contributed by atoms with van der Waals surface area (Å²) in [6.45, 7) is 0. The van der Waals surface area contributed by atoms with Crippen molar-refractivity contribution in [1.29, 1.82) is 0 Å². The standard InChI is InChI=1S/C14H8Cl2F2N2O/c15-12-8-19(16)6-9-3-4-20(7-11(9)12)21-14-2-1-10(17)5-13(14)18/h1-8H. The second-order valence-electron chi connectivity index (χ2n) is 4.29. The average molecular weight is 329 g/mol. The summed E-state index contributed by atoms with van der Waals surface area (Å²) in [6.07, 6.45) is 8.05. The molecule has 2 heterocycles. The smallest absolute Gasteiger partial charge is 0.191 e. The van der Waals surface area contributed by atoms with E-state index in [-0.39, 0.29) is 5.75 Å². The molecule has 0 aromatic heterocycles. The van der Waals surface area contributed by atoms with Gasteiger partial charge in [-0.3, -0.25) is 4.42 Å². The molecule has 0 saturated heterocycles. The van der Waals surface area contributed by atoms with E-state index in [0.29, 0.717) is 10.6 Å². The fraction of sp³-hybridized carbons (Fsp3) is 0. The van der Waals surface area contributed by atoms with Crippen molar-refractivity contribution in [2.75, 3.05) is 0 Å². The zero-order valence-electron chi connectivity index (χ0n) is 10.4. The summed E-state index contributed by atoms with van der Waals surface area (Å²) in [5.74, 6) is -1.56. The Kier molecular flexibility index (Phi) is 3.61. The van der Waals surface area contributed by atoms with Crippen molar-refractivity contribution in [3.63, 3.8) is 0 Å². The van der Waals surface area contributed by atoms with Crippen LogP contribution in [0.25, 0.3) is 0 Å². The van der Waals surface area contributed by atoms with Crippen molar-refractivity contribution in [3.05, 3.63) is 76.9 Å². The number of fused-ring (bicyclic) bond motifs is 1. The average Bonchev–Trinajstić information content (AvgIpc) is 2.42. The highest BCUT2D eigenvalue weighted by Crippen LogP contribution is 2.33. The molecule has 0 saturated carbocycles. The highest BCUT2D eigenvalue weighted by molar-refractivity contribution is 6.33. The quantitative estimate of drug-likeness (QED) is 0.748. The van der Waals surface area contributed by atoms with Crippen LogP contribution in [0.15, 0.2) is 65.3 Å². The molecule has 0 unspecified atom stereocenters. The largest absolute Gasteiger partial charge is 0.373 e. The highest BCUT2D eigenvalue weighted by Gasteiger charge is 2.19. The Morgan fingerprint density at radius 2 is 1.90 bits per heavy atom. The van der Waals surface area contributed by atoms with Crippen molar-refractivity contribution in [2.45, 2.75) is 0 Å². The molecule has 1 aromatic rings. The predicted molar refractivity (Wildman–Crippen MR) is 75.8 cm³/mol. The Balaban J connectivity index is 1.84. The first kappa shape index (κ1) is 14.0. The number of hydroxylamine groups is 2. The van der Waals surface area contributed by atoms with E-state index in [0.717, 1.165) is 17.7 Å². The van der Waals surface area contributed by atoms with E-state index in [1.165, 1.54) is 21.7 Å². The third kappa shape index (κ3) is 2.89. The monoisotopic (exact) mass is 328 g/mol. The van der Waals surface area contributed by atoms with Gasteiger partial charge in [-0.15, -0.1) is 0 Å². The van der Waals surface area contributed by atoms with Gasteiger partial charge in [0.25, 0.3) is 0 Å². The van der Waals surface area contributed by atoms with Crippen LogP contribution >= 0.6 is 23.4 Å². The Bertz CT molecular complexity index is 713. The van der Waals surface area contributed by atoms with Gasteiger partial charge in [0.05, 0.1) is 11.2 Å². The molecule has 2 aliphatic rings. The van der Waals surface area contributed by atoms with Gasteiger partial charge in [-0.2, -0.15) is 5.06 Å². The van der Waals surface area contributed by atoms with E-state index >= 15 is 0 Å². The maximum Gasteiger partial charge on any atom is 0.191 e. The van der Waals surface area contributed by atoms with Crippen LogP contribution in [0, 0.1) is 11.6 Å². The van der Waals surface area contributed by atoms with Crippen LogP contribution in [0.2, 0.25) is 0 Å². The summed E-state index contributed by atoms with van der Waals surface area (Å²) < 4.78 is 27.7. The molecule has 0 aliphatic carbocycles. The second-order valence-corrected chi connectivity index (χ2v) is 5.09. The zero-order chi connectivity index (χ0) is 15.0. The lowest BCUT2D eigenvalue weighted by Crippen LogP contribution is -2.20. The van der Waals surface area contributed by atoms with Gasteiger partial charge in [0, 0.05) is 47.6 Å². The highest BCUT2D eigenvalue weighted by atomic mass is 35.5. The van der Waals surface area contributed by atoms with Gasteiger partial charge in [0.1, 0.15) is 5.82 Å². The summed E-state index contributed by atoms with van der Waals surface area (Å²) in [6, 6.07) is 3.07. The van der Waals surface area contributed by atoms with Gasteiger partial charge < -0.3 is 4.84 Å². The van der Waals surface area contributed by atoms with Crippen molar-refractivity contribution in [1.82, 2.24) is 9.48 Å². The van der Waals surface area contributed by atoms with Crippen molar-refractivity contribution in [2.24, 2.45) is 0 Å². The fourth-order valence-corrected chi connectivity index (χ4v) is 2.38. The molecule has 0 bridgehead atoms. The first-order chi connectivity index (χ1) is 10.0. The predicted octanol–water partition coefficient (Wildman–Crippen LogP) is 4.41.